The fraction of sp³-hybridized carbons (Fsp3) is 0.158. The lowest BCUT2D eigenvalue weighted by Gasteiger charge is -2.10. The van der Waals surface area contributed by atoms with Crippen LogP contribution in [0.1, 0.15) is 18.1 Å². The van der Waals surface area contributed by atoms with Gasteiger partial charge in [0.25, 0.3) is 0 Å². The van der Waals surface area contributed by atoms with E-state index in [1.54, 1.807) is 13.3 Å². The molecule has 0 unspecified atom stereocenters. The molecule has 5 nitrogen and oxygen atoms in total. The van der Waals surface area contributed by atoms with E-state index in [1.165, 1.54) is 5.56 Å². The Morgan fingerprint density at radius 1 is 1.24 bits per heavy atom. The molecule has 1 heterocycles. The van der Waals surface area contributed by atoms with Crippen molar-refractivity contribution < 1.29 is 4.74 Å². The number of hydrogen-bond donors (Lipinski definition) is 3. The molecule has 0 saturated carbocycles. The molecule has 0 amide bonds. The van der Waals surface area contributed by atoms with Crippen molar-refractivity contribution in [1.29, 1.82) is 0 Å². The van der Waals surface area contributed by atoms with Crippen LogP contribution in [0.25, 0.3) is 10.9 Å². The molecule has 0 fully saturated rings. The number of hydrazone groups is 1. The van der Waals surface area contributed by atoms with Crippen LogP contribution in [0.2, 0.25) is 0 Å². The van der Waals surface area contributed by atoms with Gasteiger partial charge >= 0.3 is 0 Å². The number of ether oxygens (including phenoxy) is 1. The molecular formula is C19H20N4OS. The van der Waals surface area contributed by atoms with Gasteiger partial charge in [0.15, 0.2) is 5.11 Å². The Kier molecular flexibility index (Phi) is 5.30. The smallest absolute Gasteiger partial charge is 0.191 e. The number of nitrogens with zero attached hydrogens (tertiary/aromatic N) is 1. The Morgan fingerprint density at radius 3 is 2.88 bits per heavy atom. The van der Waals surface area contributed by atoms with Gasteiger partial charge in [-0.2, -0.15) is 5.10 Å². The summed E-state index contributed by atoms with van der Waals surface area (Å²) < 4.78 is 5.29. The first-order valence-corrected chi connectivity index (χ1v) is 8.45. The van der Waals surface area contributed by atoms with Crippen molar-refractivity contribution >= 4 is 40.1 Å². The quantitative estimate of drug-likeness (QED) is 0.368. The second kappa shape index (κ2) is 7.81. The van der Waals surface area contributed by atoms with E-state index in [1.807, 2.05) is 30.5 Å². The molecule has 0 atom stereocenters. The van der Waals surface area contributed by atoms with Gasteiger partial charge in [-0.15, -0.1) is 0 Å². The standard InChI is InChI=1S/C19H20N4OS/c1-3-13-7-6-8-15-14(11-20-18(13)15)12-21-23-19(25)22-16-9-4-5-10-17(16)24-2/h4-12,20H,3H2,1-2H3,(H2,22,23,25). The average Bonchev–Trinajstić information content (AvgIpc) is 3.05. The summed E-state index contributed by atoms with van der Waals surface area (Å²) in [6.45, 7) is 2.15. The Labute approximate surface area is 152 Å². The first kappa shape index (κ1) is 17.0. The zero-order valence-electron chi connectivity index (χ0n) is 14.2. The molecule has 0 aliphatic rings. The monoisotopic (exact) mass is 352 g/mol. The van der Waals surface area contributed by atoms with Crippen LogP contribution in [0.3, 0.4) is 0 Å². The zero-order chi connectivity index (χ0) is 17.6. The third-order valence-corrected chi connectivity index (χ3v) is 4.13. The van der Waals surface area contributed by atoms with E-state index in [-0.39, 0.29) is 0 Å². The van der Waals surface area contributed by atoms with E-state index in [9.17, 15) is 0 Å². The Hall–Kier alpha value is -2.86. The van der Waals surface area contributed by atoms with Gasteiger partial charge in [0.05, 0.1) is 19.0 Å². The van der Waals surface area contributed by atoms with Crippen LogP contribution in [0.15, 0.2) is 53.8 Å². The predicted octanol–water partition coefficient (Wildman–Crippen LogP) is 4.06. The molecule has 3 N–H and O–H groups in total. The van der Waals surface area contributed by atoms with E-state index >= 15 is 0 Å². The Morgan fingerprint density at radius 2 is 2.08 bits per heavy atom. The summed E-state index contributed by atoms with van der Waals surface area (Å²) in [6, 6.07) is 13.8. The number of aromatic nitrogens is 1. The Bertz CT molecular complexity index is 917. The summed E-state index contributed by atoms with van der Waals surface area (Å²) in [4.78, 5) is 3.32. The first-order valence-electron chi connectivity index (χ1n) is 8.05. The van der Waals surface area contributed by atoms with E-state index in [2.05, 4.69) is 46.0 Å². The fourth-order valence-electron chi connectivity index (χ4n) is 2.70. The second-order valence-corrected chi connectivity index (χ2v) is 5.87. The molecular weight excluding hydrogens is 332 g/mol. The lowest BCUT2D eigenvalue weighted by molar-refractivity contribution is 0.417. The minimum atomic E-state index is 0.398. The number of rotatable bonds is 5. The van der Waals surface area contributed by atoms with Gasteiger partial charge < -0.3 is 15.0 Å². The number of nitrogens with one attached hydrogen (secondary N) is 3. The van der Waals surface area contributed by atoms with Crippen molar-refractivity contribution in [2.45, 2.75) is 13.3 Å². The third-order valence-electron chi connectivity index (χ3n) is 3.94. The van der Waals surface area contributed by atoms with Gasteiger partial charge in [-0.1, -0.05) is 37.3 Å². The molecule has 0 aliphatic heterocycles. The molecule has 1 aromatic heterocycles. The second-order valence-electron chi connectivity index (χ2n) is 5.46. The van der Waals surface area contributed by atoms with E-state index < -0.39 is 0 Å². The number of thiocarbonyl (C=S) groups is 1. The molecule has 3 rings (SSSR count). The van der Waals surface area contributed by atoms with Crippen LogP contribution >= 0.6 is 12.2 Å². The maximum atomic E-state index is 5.29. The molecule has 0 aliphatic carbocycles. The van der Waals surface area contributed by atoms with Crippen LogP contribution in [-0.2, 0) is 6.42 Å². The maximum absolute atomic E-state index is 5.29. The van der Waals surface area contributed by atoms with E-state index in [4.69, 9.17) is 17.0 Å². The normalized spacial score (nSPS) is 11.0. The molecule has 0 bridgehead atoms. The predicted molar refractivity (Wildman–Crippen MR) is 108 cm³/mol. The highest BCUT2D eigenvalue weighted by molar-refractivity contribution is 7.80. The minimum absolute atomic E-state index is 0.398. The van der Waals surface area contributed by atoms with Crippen LogP contribution in [-0.4, -0.2) is 23.4 Å². The van der Waals surface area contributed by atoms with Gasteiger partial charge in [-0.25, -0.2) is 0 Å². The van der Waals surface area contributed by atoms with Gasteiger partial charge in [0.2, 0.25) is 0 Å². The van der Waals surface area contributed by atoms with Crippen molar-refractivity contribution in [3.63, 3.8) is 0 Å². The molecule has 25 heavy (non-hydrogen) atoms. The van der Waals surface area contributed by atoms with Crippen molar-refractivity contribution in [3.8, 4) is 5.75 Å². The zero-order valence-corrected chi connectivity index (χ0v) is 15.0. The molecule has 0 spiro atoms. The topological polar surface area (TPSA) is 61.4 Å². The van der Waals surface area contributed by atoms with Gasteiger partial charge in [0.1, 0.15) is 5.75 Å². The number of para-hydroxylation sites is 3. The highest BCUT2D eigenvalue weighted by Crippen LogP contribution is 2.23. The summed E-state index contributed by atoms with van der Waals surface area (Å²) in [5.41, 5.74) is 7.08. The maximum Gasteiger partial charge on any atom is 0.191 e. The SMILES string of the molecule is CCc1cccc2c(C=NNC(=S)Nc3ccccc3OC)c[nH]c12. The summed E-state index contributed by atoms with van der Waals surface area (Å²) in [5.74, 6) is 0.722. The number of fused-ring (bicyclic) bond motifs is 1. The summed E-state index contributed by atoms with van der Waals surface area (Å²) in [7, 11) is 1.62. The lowest BCUT2D eigenvalue weighted by Crippen LogP contribution is -2.24. The van der Waals surface area contributed by atoms with Crippen LogP contribution in [0.5, 0.6) is 5.75 Å². The number of hydrogen-bond acceptors (Lipinski definition) is 3. The van der Waals surface area contributed by atoms with Crippen LogP contribution in [0, 0.1) is 0 Å². The lowest BCUT2D eigenvalue weighted by atomic mass is 10.1. The molecule has 2 aromatic carbocycles. The van der Waals surface area contributed by atoms with Gasteiger partial charge in [0, 0.05) is 22.7 Å². The van der Waals surface area contributed by atoms with E-state index in [0.717, 1.165) is 34.3 Å². The molecule has 0 saturated heterocycles. The number of aromatic amines is 1. The molecule has 3 aromatic rings. The van der Waals surface area contributed by atoms with Crippen molar-refractivity contribution in [2.24, 2.45) is 5.10 Å². The van der Waals surface area contributed by atoms with Gasteiger partial charge in [-0.05, 0) is 36.3 Å². The highest BCUT2D eigenvalue weighted by Gasteiger charge is 2.05. The number of benzene rings is 2. The van der Waals surface area contributed by atoms with Crippen molar-refractivity contribution in [3.05, 3.63) is 59.8 Å². The Balaban J connectivity index is 1.68. The summed E-state index contributed by atoms with van der Waals surface area (Å²) in [6.07, 6.45) is 4.69. The van der Waals surface area contributed by atoms with Crippen LogP contribution < -0.4 is 15.5 Å². The highest BCUT2D eigenvalue weighted by atomic mass is 32.1. The molecule has 0 radical (unpaired) electrons. The number of H-pyrrole nitrogens is 1. The molecule has 128 valence electrons. The number of methoxy groups -OCH3 is 1. The number of anilines is 1. The minimum Gasteiger partial charge on any atom is -0.495 e. The largest absolute Gasteiger partial charge is 0.495 e. The first-order chi connectivity index (χ1) is 12.2. The fourth-order valence-corrected chi connectivity index (χ4v) is 2.86. The average molecular weight is 352 g/mol. The van der Waals surface area contributed by atoms with E-state index in [0.29, 0.717) is 5.11 Å². The molecule has 6 heteroatoms. The van der Waals surface area contributed by atoms with Crippen LogP contribution in [0.4, 0.5) is 5.69 Å². The van der Waals surface area contributed by atoms with Crippen molar-refractivity contribution in [1.82, 2.24) is 10.4 Å². The third kappa shape index (κ3) is 3.80. The summed E-state index contributed by atoms with van der Waals surface area (Å²) in [5, 5.41) is 8.85. The summed E-state index contributed by atoms with van der Waals surface area (Å²) >= 11 is 5.27. The van der Waals surface area contributed by atoms with Crippen molar-refractivity contribution in [2.75, 3.05) is 12.4 Å². The number of aryl methyl sites for hydroxylation is 1. The van der Waals surface area contributed by atoms with Gasteiger partial charge in [-0.3, -0.25) is 5.43 Å².